The maximum Gasteiger partial charge on any atom is 0.253 e. The Bertz CT molecular complexity index is 256. The first-order chi connectivity index (χ1) is 5.75. The highest BCUT2D eigenvalue weighted by Gasteiger charge is 2.07. The van der Waals surface area contributed by atoms with Crippen LogP contribution in [0.3, 0.4) is 0 Å². The standard InChI is InChI=1S/C10H12NO/c1-3-11(2)10(12)9-7-5-4-6-8-9/h5-8H,3H2,1-2H3. The van der Waals surface area contributed by atoms with E-state index in [-0.39, 0.29) is 5.91 Å². The molecular formula is C10H12NO. The minimum absolute atomic E-state index is 0.0616. The largest absolute Gasteiger partial charge is 0.342 e. The molecule has 0 heterocycles. The first-order valence-electron chi connectivity index (χ1n) is 3.97. The topological polar surface area (TPSA) is 20.3 Å². The zero-order valence-corrected chi connectivity index (χ0v) is 7.37. The lowest BCUT2D eigenvalue weighted by molar-refractivity contribution is 0.0802. The van der Waals surface area contributed by atoms with Gasteiger partial charge in [-0.3, -0.25) is 4.79 Å². The van der Waals surface area contributed by atoms with Crippen molar-refractivity contribution >= 4 is 5.91 Å². The predicted octanol–water partition coefficient (Wildman–Crippen LogP) is 1.58. The summed E-state index contributed by atoms with van der Waals surface area (Å²) in [6.07, 6.45) is 0. The van der Waals surface area contributed by atoms with Gasteiger partial charge in [-0.25, -0.2) is 0 Å². The Morgan fingerprint density at radius 3 is 2.58 bits per heavy atom. The van der Waals surface area contributed by atoms with Crippen molar-refractivity contribution in [1.82, 2.24) is 4.90 Å². The van der Waals surface area contributed by atoms with E-state index in [2.05, 4.69) is 6.07 Å². The van der Waals surface area contributed by atoms with Crippen molar-refractivity contribution in [3.63, 3.8) is 0 Å². The monoisotopic (exact) mass is 162 g/mol. The van der Waals surface area contributed by atoms with E-state index >= 15 is 0 Å². The average molecular weight is 162 g/mol. The highest BCUT2D eigenvalue weighted by molar-refractivity contribution is 5.93. The molecular weight excluding hydrogens is 150 g/mol. The second kappa shape index (κ2) is 3.90. The quantitative estimate of drug-likeness (QED) is 0.646. The van der Waals surface area contributed by atoms with Gasteiger partial charge in [-0.05, 0) is 25.1 Å². The molecule has 0 bridgehead atoms. The maximum atomic E-state index is 11.5. The molecule has 12 heavy (non-hydrogen) atoms. The lowest BCUT2D eigenvalue weighted by Crippen LogP contribution is -2.25. The van der Waals surface area contributed by atoms with E-state index in [9.17, 15) is 4.79 Å². The lowest BCUT2D eigenvalue weighted by Gasteiger charge is -2.13. The molecule has 1 rings (SSSR count). The first-order valence-corrected chi connectivity index (χ1v) is 3.97. The van der Waals surface area contributed by atoms with Crippen molar-refractivity contribution in [3.8, 4) is 0 Å². The first kappa shape index (κ1) is 8.78. The van der Waals surface area contributed by atoms with Gasteiger partial charge in [0, 0.05) is 19.2 Å². The molecule has 2 nitrogen and oxygen atoms in total. The minimum Gasteiger partial charge on any atom is -0.342 e. The molecule has 0 spiro atoms. The number of benzene rings is 1. The summed E-state index contributed by atoms with van der Waals surface area (Å²) >= 11 is 0. The summed E-state index contributed by atoms with van der Waals surface area (Å²) in [4.78, 5) is 13.2. The molecule has 0 saturated heterocycles. The molecule has 0 unspecified atom stereocenters. The number of hydrogen-bond acceptors (Lipinski definition) is 1. The Kier molecular flexibility index (Phi) is 2.86. The second-order valence-electron chi connectivity index (χ2n) is 2.61. The van der Waals surface area contributed by atoms with Crippen LogP contribution in [-0.2, 0) is 0 Å². The van der Waals surface area contributed by atoms with E-state index in [0.717, 1.165) is 12.1 Å². The Labute approximate surface area is 72.8 Å². The fourth-order valence-corrected chi connectivity index (χ4v) is 0.893. The molecule has 1 aromatic rings. The van der Waals surface area contributed by atoms with E-state index < -0.39 is 0 Å². The summed E-state index contributed by atoms with van der Waals surface area (Å²) in [6.45, 7) is 2.68. The predicted molar refractivity (Wildman–Crippen MR) is 47.9 cm³/mol. The van der Waals surface area contributed by atoms with E-state index in [0.29, 0.717) is 0 Å². The minimum atomic E-state index is 0.0616. The highest BCUT2D eigenvalue weighted by atomic mass is 16.2. The van der Waals surface area contributed by atoms with Crippen molar-refractivity contribution < 1.29 is 4.79 Å². The van der Waals surface area contributed by atoms with Gasteiger partial charge in [-0.15, -0.1) is 0 Å². The van der Waals surface area contributed by atoms with Crippen LogP contribution in [0.5, 0.6) is 0 Å². The maximum absolute atomic E-state index is 11.5. The molecule has 2 heteroatoms. The Morgan fingerprint density at radius 1 is 1.50 bits per heavy atom. The number of nitrogens with zero attached hydrogens (tertiary/aromatic N) is 1. The smallest absolute Gasteiger partial charge is 0.253 e. The van der Waals surface area contributed by atoms with E-state index in [4.69, 9.17) is 0 Å². The van der Waals surface area contributed by atoms with Gasteiger partial charge in [-0.1, -0.05) is 12.1 Å². The van der Waals surface area contributed by atoms with Crippen LogP contribution in [0.4, 0.5) is 0 Å². The fraction of sp³-hybridized carbons (Fsp3) is 0.300. The summed E-state index contributed by atoms with van der Waals surface area (Å²) in [5, 5.41) is 0. The molecule has 0 fully saturated rings. The van der Waals surface area contributed by atoms with Gasteiger partial charge in [-0.2, -0.15) is 0 Å². The van der Waals surface area contributed by atoms with Crippen molar-refractivity contribution in [1.29, 1.82) is 0 Å². The van der Waals surface area contributed by atoms with Crippen LogP contribution in [0.2, 0.25) is 0 Å². The van der Waals surface area contributed by atoms with Crippen LogP contribution in [0.25, 0.3) is 0 Å². The number of hydrogen-bond donors (Lipinski definition) is 0. The van der Waals surface area contributed by atoms with E-state index in [1.807, 2.05) is 6.92 Å². The molecule has 1 amide bonds. The molecule has 1 radical (unpaired) electrons. The van der Waals surface area contributed by atoms with Crippen LogP contribution >= 0.6 is 0 Å². The summed E-state index contributed by atoms with van der Waals surface area (Å²) in [5.74, 6) is 0.0616. The zero-order valence-electron chi connectivity index (χ0n) is 7.37. The van der Waals surface area contributed by atoms with Crippen LogP contribution in [0.15, 0.2) is 24.3 Å². The molecule has 0 saturated carbocycles. The summed E-state index contributed by atoms with van der Waals surface area (Å²) in [5.41, 5.74) is 0.720. The van der Waals surface area contributed by atoms with Crippen molar-refractivity contribution in [2.75, 3.05) is 13.6 Å². The van der Waals surface area contributed by atoms with Crippen LogP contribution < -0.4 is 0 Å². The molecule has 0 aliphatic rings. The molecule has 0 N–H and O–H groups in total. The molecule has 0 aliphatic carbocycles. The third-order valence-corrected chi connectivity index (χ3v) is 1.79. The lowest BCUT2D eigenvalue weighted by atomic mass is 10.2. The number of rotatable bonds is 2. The van der Waals surface area contributed by atoms with Crippen molar-refractivity contribution in [2.45, 2.75) is 6.92 Å². The van der Waals surface area contributed by atoms with Gasteiger partial charge in [0.05, 0.1) is 0 Å². The SMILES string of the molecule is CCN(C)C(=O)c1cc[c]cc1. The van der Waals surface area contributed by atoms with Gasteiger partial charge < -0.3 is 4.90 Å². The molecule has 0 aliphatic heterocycles. The summed E-state index contributed by atoms with van der Waals surface area (Å²) in [6, 6.07) is 9.91. The Hall–Kier alpha value is -1.31. The van der Waals surface area contributed by atoms with Crippen molar-refractivity contribution in [2.24, 2.45) is 0 Å². The molecule has 0 atom stereocenters. The zero-order chi connectivity index (χ0) is 8.97. The van der Waals surface area contributed by atoms with Crippen LogP contribution in [0.1, 0.15) is 17.3 Å². The Balaban J connectivity index is 2.79. The number of carbonyl (C=O) groups is 1. The van der Waals surface area contributed by atoms with Crippen molar-refractivity contribution in [3.05, 3.63) is 35.9 Å². The Morgan fingerprint density at radius 2 is 2.08 bits per heavy atom. The summed E-state index contributed by atoms with van der Waals surface area (Å²) in [7, 11) is 1.79. The van der Waals surface area contributed by atoms with Crippen LogP contribution in [0, 0.1) is 6.07 Å². The molecule has 1 aromatic carbocycles. The molecule has 0 aromatic heterocycles. The fourth-order valence-electron chi connectivity index (χ4n) is 0.893. The van der Waals surface area contributed by atoms with Gasteiger partial charge in [0.25, 0.3) is 5.91 Å². The second-order valence-corrected chi connectivity index (χ2v) is 2.61. The highest BCUT2D eigenvalue weighted by Crippen LogP contribution is 2.01. The molecule has 63 valence electrons. The van der Waals surface area contributed by atoms with Gasteiger partial charge >= 0.3 is 0 Å². The summed E-state index contributed by atoms with van der Waals surface area (Å²) < 4.78 is 0. The van der Waals surface area contributed by atoms with E-state index in [1.165, 1.54) is 0 Å². The third kappa shape index (κ3) is 1.84. The third-order valence-electron chi connectivity index (χ3n) is 1.79. The van der Waals surface area contributed by atoms with Gasteiger partial charge in [0.1, 0.15) is 0 Å². The van der Waals surface area contributed by atoms with E-state index in [1.54, 1.807) is 36.2 Å². The van der Waals surface area contributed by atoms with Crippen LogP contribution in [-0.4, -0.2) is 24.4 Å². The normalized spacial score (nSPS) is 9.50. The van der Waals surface area contributed by atoms with Gasteiger partial charge in [0.15, 0.2) is 0 Å². The average Bonchev–Trinajstić information content (AvgIpc) is 2.17. The van der Waals surface area contributed by atoms with Gasteiger partial charge in [0.2, 0.25) is 0 Å². The number of carbonyl (C=O) groups excluding carboxylic acids is 1. The number of amides is 1.